The summed E-state index contributed by atoms with van der Waals surface area (Å²) in [5.41, 5.74) is 5.77. The van der Waals surface area contributed by atoms with E-state index in [0.29, 0.717) is 27.7 Å². The summed E-state index contributed by atoms with van der Waals surface area (Å²) in [6.45, 7) is 5.97. The summed E-state index contributed by atoms with van der Waals surface area (Å²) in [4.78, 5) is 18.8. The number of aromatic nitrogens is 1. The van der Waals surface area contributed by atoms with Crippen molar-refractivity contribution in [2.24, 2.45) is 11.8 Å². The number of hydrogen-bond donors (Lipinski definition) is 2. The number of amides is 1. The molecule has 0 saturated carbocycles. The highest BCUT2D eigenvalue weighted by atomic mass is 32.1. The molecule has 0 spiro atoms. The van der Waals surface area contributed by atoms with E-state index in [1.165, 1.54) is 11.3 Å². The fraction of sp³-hybridized carbons (Fsp3) is 0.636. The van der Waals surface area contributed by atoms with Crippen molar-refractivity contribution in [1.29, 1.82) is 0 Å². The van der Waals surface area contributed by atoms with Gasteiger partial charge in [0, 0.05) is 20.1 Å². The molecule has 1 aliphatic rings. The highest BCUT2D eigenvalue weighted by molar-refractivity contribution is 7.18. The van der Waals surface area contributed by atoms with Gasteiger partial charge in [0.2, 0.25) is 0 Å². The zero-order chi connectivity index (χ0) is 12.6. The van der Waals surface area contributed by atoms with Crippen molar-refractivity contribution in [3.05, 3.63) is 4.88 Å². The third-order valence-electron chi connectivity index (χ3n) is 3.34. The number of nitrogens with one attached hydrogen (secondary N) is 1. The topological polar surface area (TPSA) is 71.2 Å². The van der Waals surface area contributed by atoms with Crippen LogP contribution in [0.2, 0.25) is 0 Å². The predicted octanol–water partition coefficient (Wildman–Crippen LogP) is 1.50. The van der Waals surface area contributed by atoms with E-state index in [1.807, 2.05) is 4.90 Å². The Morgan fingerprint density at radius 1 is 1.47 bits per heavy atom. The number of thiazole rings is 1. The van der Waals surface area contributed by atoms with E-state index in [2.05, 4.69) is 24.1 Å². The fourth-order valence-electron chi connectivity index (χ4n) is 2.03. The predicted molar refractivity (Wildman–Crippen MR) is 70.3 cm³/mol. The van der Waals surface area contributed by atoms with Crippen LogP contribution in [0, 0.1) is 11.8 Å². The van der Waals surface area contributed by atoms with Crippen LogP contribution in [-0.4, -0.2) is 35.9 Å². The van der Waals surface area contributed by atoms with Gasteiger partial charge < -0.3 is 16.0 Å². The molecular weight excluding hydrogens is 236 g/mol. The third-order valence-corrected chi connectivity index (χ3v) is 4.41. The molecule has 1 aromatic rings. The van der Waals surface area contributed by atoms with Gasteiger partial charge in [-0.15, -0.1) is 0 Å². The molecule has 1 amide bonds. The zero-order valence-corrected chi connectivity index (χ0v) is 11.2. The Balaban J connectivity index is 2.17. The Bertz CT molecular complexity index is 421. The molecule has 1 fully saturated rings. The van der Waals surface area contributed by atoms with E-state index in [1.54, 1.807) is 7.05 Å². The quantitative estimate of drug-likeness (QED) is 0.839. The van der Waals surface area contributed by atoms with E-state index in [4.69, 9.17) is 5.73 Å². The maximum Gasteiger partial charge on any atom is 0.267 e. The van der Waals surface area contributed by atoms with Crippen LogP contribution in [0.3, 0.4) is 0 Å². The van der Waals surface area contributed by atoms with E-state index >= 15 is 0 Å². The van der Waals surface area contributed by atoms with Gasteiger partial charge in [0.15, 0.2) is 5.13 Å². The number of nitrogen functional groups attached to an aromatic ring is 1. The van der Waals surface area contributed by atoms with Gasteiger partial charge in [-0.25, -0.2) is 4.98 Å². The lowest BCUT2D eigenvalue weighted by molar-refractivity contribution is 0.0790. The van der Waals surface area contributed by atoms with Crippen molar-refractivity contribution in [3.8, 4) is 0 Å². The number of hydrogen-bond acceptors (Lipinski definition) is 5. The molecule has 1 saturated heterocycles. The van der Waals surface area contributed by atoms with E-state index in [-0.39, 0.29) is 5.91 Å². The summed E-state index contributed by atoms with van der Waals surface area (Å²) in [7, 11) is 1.77. The summed E-state index contributed by atoms with van der Waals surface area (Å²) in [6, 6.07) is 0. The van der Waals surface area contributed by atoms with Crippen LogP contribution in [0.4, 0.5) is 10.9 Å². The average Bonchev–Trinajstić information content (AvgIpc) is 2.82. The smallest absolute Gasteiger partial charge is 0.267 e. The summed E-state index contributed by atoms with van der Waals surface area (Å²) in [5, 5.41) is 3.59. The van der Waals surface area contributed by atoms with Crippen molar-refractivity contribution >= 4 is 28.2 Å². The molecule has 2 heterocycles. The standard InChI is InChI=1S/C11H18N4OS/c1-6-4-15(5-7(6)2)10(16)8-9(12)14-11(13-3)17-8/h6-7H,4-5,12H2,1-3H3,(H,13,14). The van der Waals surface area contributed by atoms with Crippen LogP contribution in [0.1, 0.15) is 23.5 Å². The molecule has 6 heteroatoms. The number of carbonyl (C=O) groups is 1. The van der Waals surface area contributed by atoms with Crippen LogP contribution in [0.25, 0.3) is 0 Å². The summed E-state index contributed by atoms with van der Waals surface area (Å²) < 4.78 is 0. The molecule has 2 unspecified atom stereocenters. The average molecular weight is 254 g/mol. The molecule has 0 aliphatic carbocycles. The molecule has 0 radical (unpaired) electrons. The lowest BCUT2D eigenvalue weighted by Crippen LogP contribution is -2.28. The molecule has 94 valence electrons. The first-order valence-electron chi connectivity index (χ1n) is 5.76. The molecule has 2 atom stereocenters. The van der Waals surface area contributed by atoms with E-state index in [0.717, 1.165) is 13.1 Å². The van der Waals surface area contributed by atoms with Gasteiger partial charge in [-0.1, -0.05) is 25.2 Å². The van der Waals surface area contributed by atoms with Crippen molar-refractivity contribution in [3.63, 3.8) is 0 Å². The first kappa shape index (κ1) is 12.2. The summed E-state index contributed by atoms with van der Waals surface area (Å²) >= 11 is 1.32. The summed E-state index contributed by atoms with van der Waals surface area (Å²) in [6.07, 6.45) is 0. The van der Waals surface area contributed by atoms with Crippen LogP contribution < -0.4 is 11.1 Å². The number of anilines is 2. The van der Waals surface area contributed by atoms with Gasteiger partial charge in [0.1, 0.15) is 10.7 Å². The Hall–Kier alpha value is -1.30. The van der Waals surface area contributed by atoms with Gasteiger partial charge in [0.25, 0.3) is 5.91 Å². The normalized spacial score (nSPS) is 24.1. The number of nitrogens with two attached hydrogens (primary N) is 1. The maximum absolute atomic E-state index is 12.3. The Kier molecular flexibility index (Phi) is 3.24. The first-order valence-corrected chi connectivity index (χ1v) is 6.58. The Morgan fingerprint density at radius 3 is 2.53 bits per heavy atom. The zero-order valence-electron chi connectivity index (χ0n) is 10.4. The van der Waals surface area contributed by atoms with Gasteiger partial charge >= 0.3 is 0 Å². The molecule has 0 bridgehead atoms. The second-order valence-corrected chi connectivity index (χ2v) is 5.65. The van der Waals surface area contributed by atoms with Crippen molar-refractivity contribution in [2.45, 2.75) is 13.8 Å². The molecule has 5 nitrogen and oxygen atoms in total. The largest absolute Gasteiger partial charge is 0.382 e. The molecular formula is C11H18N4OS. The van der Waals surface area contributed by atoms with Gasteiger partial charge in [0.05, 0.1) is 0 Å². The van der Waals surface area contributed by atoms with E-state index < -0.39 is 0 Å². The molecule has 1 aliphatic heterocycles. The molecule has 17 heavy (non-hydrogen) atoms. The van der Waals surface area contributed by atoms with Crippen molar-refractivity contribution < 1.29 is 4.79 Å². The molecule has 0 aromatic carbocycles. The van der Waals surface area contributed by atoms with Crippen LogP contribution in [0.15, 0.2) is 0 Å². The third kappa shape index (κ3) is 2.22. The minimum absolute atomic E-state index is 0.0118. The van der Waals surface area contributed by atoms with Gasteiger partial charge in [-0.05, 0) is 11.8 Å². The highest BCUT2D eigenvalue weighted by Gasteiger charge is 2.31. The van der Waals surface area contributed by atoms with Gasteiger partial charge in [-0.3, -0.25) is 4.79 Å². The number of likely N-dealkylation sites (tertiary alicyclic amines) is 1. The number of rotatable bonds is 2. The number of nitrogens with zero attached hydrogens (tertiary/aromatic N) is 2. The first-order chi connectivity index (χ1) is 8.02. The fourth-order valence-corrected chi connectivity index (χ4v) is 2.84. The van der Waals surface area contributed by atoms with Crippen molar-refractivity contribution in [2.75, 3.05) is 31.2 Å². The lowest BCUT2D eigenvalue weighted by atomic mass is 10.0. The molecule has 1 aromatic heterocycles. The Labute approximate surface area is 105 Å². The second-order valence-electron chi connectivity index (χ2n) is 4.65. The van der Waals surface area contributed by atoms with Crippen LogP contribution >= 0.6 is 11.3 Å². The second kappa shape index (κ2) is 4.52. The van der Waals surface area contributed by atoms with Crippen LogP contribution in [-0.2, 0) is 0 Å². The Morgan fingerprint density at radius 2 is 2.06 bits per heavy atom. The maximum atomic E-state index is 12.3. The number of carbonyl (C=O) groups excluding carboxylic acids is 1. The minimum atomic E-state index is 0.0118. The molecule has 2 rings (SSSR count). The molecule has 3 N–H and O–H groups in total. The van der Waals surface area contributed by atoms with Crippen LogP contribution in [0.5, 0.6) is 0 Å². The summed E-state index contributed by atoms with van der Waals surface area (Å²) in [5.74, 6) is 1.45. The SMILES string of the molecule is CNc1nc(N)c(C(=O)N2CC(C)C(C)C2)s1. The lowest BCUT2D eigenvalue weighted by Gasteiger charge is -2.14. The monoisotopic (exact) mass is 254 g/mol. The highest BCUT2D eigenvalue weighted by Crippen LogP contribution is 2.29. The minimum Gasteiger partial charge on any atom is -0.382 e. The van der Waals surface area contributed by atoms with E-state index in [9.17, 15) is 4.79 Å². The van der Waals surface area contributed by atoms with Crippen molar-refractivity contribution in [1.82, 2.24) is 9.88 Å². The van der Waals surface area contributed by atoms with Gasteiger partial charge in [-0.2, -0.15) is 0 Å².